The van der Waals surface area contributed by atoms with Crippen molar-refractivity contribution < 1.29 is 39.0 Å². The maximum Gasteiger partial charge on any atom is 0.509 e. The summed E-state index contributed by atoms with van der Waals surface area (Å²) in [6.45, 7) is -1.09. The first kappa shape index (κ1) is 18.3. The number of esters is 1. The average Bonchev–Trinajstić information content (AvgIpc) is 2.22. The number of hydrogen-bond donors (Lipinski definition) is 0. The van der Waals surface area contributed by atoms with Crippen LogP contribution in [0.4, 0.5) is 16.8 Å². The summed E-state index contributed by atoms with van der Waals surface area (Å²) in [5.74, 6) is -2.10. The average molecular weight is 343 g/mol. The molecular weight excluding hydrogens is 331 g/mol. The summed E-state index contributed by atoms with van der Waals surface area (Å²) in [6.07, 6.45) is 0. The highest BCUT2D eigenvalue weighted by Crippen LogP contribution is 2.21. The third kappa shape index (κ3) is 5.92. The lowest BCUT2D eigenvalue weighted by molar-refractivity contribution is 0.00692. The second-order valence-corrected chi connectivity index (χ2v) is 6.30. The Labute approximate surface area is 124 Å². The summed E-state index contributed by atoms with van der Waals surface area (Å²) in [6, 6.07) is 1.41. The maximum absolute atomic E-state index is 12.8. The van der Waals surface area contributed by atoms with E-state index >= 15 is 0 Å². The molecular formula is C11H12BF4O5S-. The Kier molecular flexibility index (Phi) is 4.80. The van der Waals surface area contributed by atoms with Crippen LogP contribution in [0.15, 0.2) is 18.2 Å². The standard InChI is InChI=1S/C11H12BF4O5S/c1-11(2,3)20-10(17)7-4-8(12(13,14)15)6-9(5-7)21-22(16,18)19/h4-6H,1-3H3/q-1. The Hall–Kier alpha value is -1.78. The highest BCUT2D eigenvalue weighted by Gasteiger charge is 2.29. The van der Waals surface area contributed by atoms with E-state index < -0.39 is 45.8 Å². The van der Waals surface area contributed by atoms with Crippen molar-refractivity contribution in [2.75, 3.05) is 0 Å². The van der Waals surface area contributed by atoms with Crippen LogP contribution in [0.1, 0.15) is 31.1 Å². The van der Waals surface area contributed by atoms with E-state index in [1.165, 1.54) is 20.8 Å². The first-order valence-corrected chi connectivity index (χ1v) is 7.20. The van der Waals surface area contributed by atoms with E-state index in [-0.39, 0.29) is 6.07 Å². The zero-order chi connectivity index (χ0) is 17.3. The molecule has 0 spiro atoms. The van der Waals surface area contributed by atoms with Crippen LogP contribution in [-0.2, 0) is 15.2 Å². The summed E-state index contributed by atoms with van der Waals surface area (Å²) < 4.78 is 80.3. The van der Waals surface area contributed by atoms with Gasteiger partial charge in [0, 0.05) is 0 Å². The lowest BCUT2D eigenvalue weighted by atomic mass is 9.79. The Morgan fingerprint density at radius 2 is 1.68 bits per heavy atom. The number of carbonyl (C=O) groups is 1. The molecule has 0 unspecified atom stereocenters. The highest BCUT2D eigenvalue weighted by molar-refractivity contribution is 7.81. The van der Waals surface area contributed by atoms with Crippen LogP contribution >= 0.6 is 0 Å². The highest BCUT2D eigenvalue weighted by atomic mass is 32.3. The van der Waals surface area contributed by atoms with Crippen molar-refractivity contribution in [3.8, 4) is 5.75 Å². The number of carbonyl (C=O) groups excluding carboxylic acids is 1. The molecule has 22 heavy (non-hydrogen) atoms. The minimum Gasteiger partial charge on any atom is -0.456 e. The van der Waals surface area contributed by atoms with E-state index in [0.29, 0.717) is 12.1 Å². The van der Waals surface area contributed by atoms with Gasteiger partial charge in [-0.25, -0.2) is 4.79 Å². The number of ether oxygens (including phenoxy) is 1. The quantitative estimate of drug-likeness (QED) is 0.363. The predicted octanol–water partition coefficient (Wildman–Crippen LogP) is 2.29. The van der Waals surface area contributed by atoms with Crippen molar-refractivity contribution in [3.63, 3.8) is 0 Å². The van der Waals surface area contributed by atoms with Crippen molar-refractivity contribution in [1.82, 2.24) is 0 Å². The topological polar surface area (TPSA) is 69.7 Å². The van der Waals surface area contributed by atoms with Crippen LogP contribution in [0.3, 0.4) is 0 Å². The summed E-state index contributed by atoms with van der Waals surface area (Å²) in [5.41, 5.74) is -2.91. The second-order valence-electron chi connectivity index (χ2n) is 5.34. The van der Waals surface area contributed by atoms with Crippen LogP contribution in [0.25, 0.3) is 0 Å². The van der Waals surface area contributed by atoms with E-state index in [1.807, 2.05) is 0 Å². The van der Waals surface area contributed by atoms with Gasteiger partial charge in [0.25, 0.3) is 0 Å². The SMILES string of the molecule is CC(C)(C)OC(=O)c1cc(OS(=O)(=O)F)cc([B-](F)(F)F)c1. The van der Waals surface area contributed by atoms with E-state index in [1.54, 1.807) is 0 Å². The van der Waals surface area contributed by atoms with E-state index in [0.717, 1.165) is 0 Å². The van der Waals surface area contributed by atoms with E-state index in [4.69, 9.17) is 4.74 Å². The lowest BCUT2D eigenvalue weighted by Gasteiger charge is -2.21. The van der Waals surface area contributed by atoms with Gasteiger partial charge in [-0.05, 0) is 32.9 Å². The summed E-state index contributed by atoms with van der Waals surface area (Å²) >= 11 is 0. The molecule has 0 aliphatic carbocycles. The second kappa shape index (κ2) is 5.78. The molecule has 0 amide bonds. The van der Waals surface area contributed by atoms with Crippen molar-refractivity contribution in [3.05, 3.63) is 23.8 Å². The predicted molar refractivity (Wildman–Crippen MR) is 71.0 cm³/mol. The van der Waals surface area contributed by atoms with Gasteiger partial charge in [0.05, 0.1) is 5.56 Å². The van der Waals surface area contributed by atoms with Gasteiger partial charge in [0.1, 0.15) is 11.4 Å². The minimum absolute atomic E-state index is 0.283. The van der Waals surface area contributed by atoms with Gasteiger partial charge in [-0.2, -0.15) is 8.42 Å². The molecule has 0 atom stereocenters. The lowest BCUT2D eigenvalue weighted by Crippen LogP contribution is -2.35. The van der Waals surface area contributed by atoms with Crippen molar-refractivity contribution >= 4 is 28.9 Å². The van der Waals surface area contributed by atoms with Crippen molar-refractivity contribution in [1.29, 1.82) is 0 Å². The van der Waals surface area contributed by atoms with Crippen LogP contribution < -0.4 is 9.65 Å². The third-order valence-electron chi connectivity index (χ3n) is 2.14. The molecule has 1 rings (SSSR count). The molecule has 0 saturated heterocycles. The molecule has 0 heterocycles. The normalized spacial score (nSPS) is 12.9. The fraction of sp³-hybridized carbons (Fsp3) is 0.364. The molecule has 0 saturated carbocycles. The smallest absolute Gasteiger partial charge is 0.456 e. The monoisotopic (exact) mass is 343 g/mol. The van der Waals surface area contributed by atoms with Gasteiger partial charge in [-0.3, -0.25) is 0 Å². The van der Waals surface area contributed by atoms with Gasteiger partial charge in [-0.15, -0.1) is 5.46 Å². The number of rotatable bonds is 4. The molecule has 0 N–H and O–H groups in total. The van der Waals surface area contributed by atoms with E-state index in [9.17, 15) is 30.0 Å². The largest absolute Gasteiger partial charge is 0.509 e. The number of halogens is 4. The summed E-state index contributed by atoms with van der Waals surface area (Å²) in [4.78, 5) is 11.8. The van der Waals surface area contributed by atoms with E-state index in [2.05, 4.69) is 4.18 Å². The van der Waals surface area contributed by atoms with Crippen LogP contribution in [0.2, 0.25) is 0 Å². The molecule has 0 aliphatic rings. The third-order valence-corrected chi connectivity index (χ3v) is 2.53. The molecule has 0 aliphatic heterocycles. The zero-order valence-electron chi connectivity index (χ0n) is 11.8. The van der Waals surface area contributed by atoms with Gasteiger partial charge in [0.2, 0.25) is 0 Å². The Balaban J connectivity index is 3.33. The fourth-order valence-electron chi connectivity index (χ4n) is 1.43. The molecule has 1 aromatic carbocycles. The molecule has 0 fully saturated rings. The Bertz CT molecular complexity index is 679. The van der Waals surface area contributed by atoms with Crippen LogP contribution in [0, 0.1) is 0 Å². The zero-order valence-corrected chi connectivity index (χ0v) is 12.6. The molecule has 11 heteroatoms. The molecule has 0 bridgehead atoms. The van der Waals surface area contributed by atoms with Crippen LogP contribution in [-0.4, -0.2) is 27.0 Å². The Morgan fingerprint density at radius 1 is 1.14 bits per heavy atom. The van der Waals surface area contributed by atoms with Gasteiger partial charge >= 0.3 is 23.5 Å². The molecule has 5 nitrogen and oxygen atoms in total. The van der Waals surface area contributed by atoms with Crippen molar-refractivity contribution in [2.24, 2.45) is 0 Å². The molecule has 124 valence electrons. The maximum atomic E-state index is 12.8. The summed E-state index contributed by atoms with van der Waals surface area (Å²) in [5, 5.41) is 0. The fourth-order valence-corrected chi connectivity index (χ4v) is 1.76. The van der Waals surface area contributed by atoms with Crippen molar-refractivity contribution in [2.45, 2.75) is 26.4 Å². The summed E-state index contributed by atoms with van der Waals surface area (Å²) in [7, 11) is -5.53. The van der Waals surface area contributed by atoms with Gasteiger partial charge in [-0.1, -0.05) is 9.95 Å². The molecule has 0 aromatic heterocycles. The minimum atomic E-state index is -5.56. The molecule has 1 aromatic rings. The van der Waals surface area contributed by atoms with Gasteiger partial charge in [0.15, 0.2) is 0 Å². The Morgan fingerprint density at radius 3 is 2.09 bits per heavy atom. The van der Waals surface area contributed by atoms with Gasteiger partial charge < -0.3 is 21.9 Å². The first-order valence-electron chi connectivity index (χ1n) is 5.90. The number of hydrogen-bond acceptors (Lipinski definition) is 5. The first-order chi connectivity index (χ1) is 9.67. The van der Waals surface area contributed by atoms with Crippen LogP contribution in [0.5, 0.6) is 5.75 Å². The molecule has 0 radical (unpaired) electrons. The number of benzene rings is 1.